The second-order valence-electron chi connectivity index (χ2n) is 5.05. The van der Waals surface area contributed by atoms with Crippen molar-refractivity contribution in [2.24, 2.45) is 5.92 Å². The molecule has 0 atom stereocenters. The Bertz CT molecular complexity index is 372. The molecule has 0 aromatic heterocycles. The molecular weight excluding hydrogens is 237 g/mol. The largest absolute Gasteiger partial charge is 0.310 e. The Balaban J connectivity index is 1.87. The molecule has 0 unspecified atom stereocenters. The summed E-state index contributed by atoms with van der Waals surface area (Å²) in [5.74, 6) is 0.522. The first-order valence-corrected chi connectivity index (χ1v) is 6.71. The normalized spacial score (nSPS) is 24.9. The van der Waals surface area contributed by atoms with Crippen LogP contribution in [0.2, 0.25) is 5.02 Å². The van der Waals surface area contributed by atoms with Crippen molar-refractivity contribution in [2.75, 3.05) is 0 Å². The molecular formula is C14H19ClFN. The lowest BCUT2D eigenvalue weighted by Crippen LogP contribution is -2.32. The van der Waals surface area contributed by atoms with E-state index >= 15 is 0 Å². The summed E-state index contributed by atoms with van der Waals surface area (Å²) in [4.78, 5) is 0. The topological polar surface area (TPSA) is 12.0 Å². The Hall–Kier alpha value is -0.600. The lowest BCUT2D eigenvalue weighted by molar-refractivity contribution is 0.306. The van der Waals surface area contributed by atoms with Crippen LogP contribution in [0.3, 0.4) is 0 Å². The number of rotatable bonds is 3. The van der Waals surface area contributed by atoms with Crippen molar-refractivity contribution in [3.63, 3.8) is 0 Å². The van der Waals surface area contributed by atoms with E-state index in [0.29, 0.717) is 12.6 Å². The van der Waals surface area contributed by atoms with Crippen molar-refractivity contribution >= 4 is 11.6 Å². The number of halogens is 2. The number of nitrogens with one attached hydrogen (secondary N) is 1. The highest BCUT2D eigenvalue weighted by Crippen LogP contribution is 2.24. The maximum atomic E-state index is 13.2. The summed E-state index contributed by atoms with van der Waals surface area (Å²) in [6, 6.07) is 5.55. The van der Waals surface area contributed by atoms with Gasteiger partial charge in [-0.3, -0.25) is 0 Å². The monoisotopic (exact) mass is 255 g/mol. The molecule has 0 amide bonds. The summed E-state index contributed by atoms with van der Waals surface area (Å²) in [5, 5.41) is 3.73. The van der Waals surface area contributed by atoms with Gasteiger partial charge in [0.15, 0.2) is 0 Å². The molecule has 0 saturated heterocycles. The van der Waals surface area contributed by atoms with Crippen molar-refractivity contribution in [1.82, 2.24) is 5.32 Å². The van der Waals surface area contributed by atoms with Crippen LogP contribution in [0.4, 0.5) is 4.39 Å². The Kier molecular flexibility index (Phi) is 4.41. The minimum atomic E-state index is -0.330. The summed E-state index contributed by atoms with van der Waals surface area (Å²) in [7, 11) is 0. The molecule has 0 bridgehead atoms. The summed E-state index contributed by atoms with van der Waals surface area (Å²) in [6.45, 7) is 2.97. The van der Waals surface area contributed by atoms with Gasteiger partial charge in [-0.2, -0.15) is 0 Å². The Labute approximate surface area is 107 Å². The van der Waals surface area contributed by atoms with Crippen LogP contribution in [0, 0.1) is 11.7 Å². The van der Waals surface area contributed by atoms with Crippen molar-refractivity contribution in [3.05, 3.63) is 34.6 Å². The predicted octanol–water partition coefficient (Wildman–Crippen LogP) is 4.15. The molecule has 0 aliphatic heterocycles. The zero-order valence-corrected chi connectivity index (χ0v) is 10.9. The summed E-state index contributed by atoms with van der Waals surface area (Å²) >= 11 is 5.92. The van der Waals surface area contributed by atoms with E-state index < -0.39 is 0 Å². The third-order valence-electron chi connectivity index (χ3n) is 3.63. The van der Waals surface area contributed by atoms with Crippen LogP contribution in [0.5, 0.6) is 0 Å². The van der Waals surface area contributed by atoms with Gasteiger partial charge < -0.3 is 5.32 Å². The first-order chi connectivity index (χ1) is 8.16. The van der Waals surface area contributed by atoms with Gasteiger partial charge in [-0.25, -0.2) is 4.39 Å². The second kappa shape index (κ2) is 5.83. The lowest BCUT2D eigenvalue weighted by atomic mass is 9.87. The molecule has 2 rings (SSSR count). The van der Waals surface area contributed by atoms with Crippen LogP contribution in [-0.2, 0) is 6.54 Å². The van der Waals surface area contributed by atoms with Crippen LogP contribution in [0.1, 0.15) is 38.2 Å². The van der Waals surface area contributed by atoms with Gasteiger partial charge in [-0.1, -0.05) is 30.7 Å². The summed E-state index contributed by atoms with van der Waals surface area (Å²) in [6.07, 6.45) is 5.01. The Morgan fingerprint density at radius 2 is 2.00 bits per heavy atom. The fourth-order valence-corrected chi connectivity index (χ4v) is 2.60. The maximum absolute atomic E-state index is 13.2. The van der Waals surface area contributed by atoms with Crippen LogP contribution in [-0.4, -0.2) is 6.04 Å². The number of benzene rings is 1. The van der Waals surface area contributed by atoms with Gasteiger partial charge in [-0.15, -0.1) is 0 Å². The summed E-state index contributed by atoms with van der Waals surface area (Å²) in [5.41, 5.74) is 0.852. The molecule has 94 valence electrons. The molecule has 0 radical (unpaired) electrons. The van der Waals surface area contributed by atoms with E-state index in [1.165, 1.54) is 31.7 Å². The third-order valence-corrected chi connectivity index (χ3v) is 4.05. The van der Waals surface area contributed by atoms with E-state index in [0.717, 1.165) is 11.5 Å². The van der Waals surface area contributed by atoms with E-state index in [1.807, 2.05) is 6.07 Å². The van der Waals surface area contributed by atoms with E-state index in [9.17, 15) is 4.39 Å². The summed E-state index contributed by atoms with van der Waals surface area (Å²) < 4.78 is 13.2. The lowest BCUT2D eigenvalue weighted by Gasteiger charge is -2.27. The van der Waals surface area contributed by atoms with Gasteiger partial charge in [-0.05, 0) is 43.2 Å². The zero-order chi connectivity index (χ0) is 12.3. The third kappa shape index (κ3) is 3.43. The molecule has 1 aliphatic carbocycles. The van der Waals surface area contributed by atoms with Gasteiger partial charge >= 0.3 is 0 Å². The highest BCUT2D eigenvalue weighted by molar-refractivity contribution is 6.31. The van der Waals surface area contributed by atoms with E-state index in [2.05, 4.69) is 12.2 Å². The van der Waals surface area contributed by atoms with Crippen molar-refractivity contribution in [1.29, 1.82) is 0 Å². The molecule has 3 heteroatoms. The molecule has 0 spiro atoms. The average Bonchev–Trinajstić information content (AvgIpc) is 2.33. The fraction of sp³-hybridized carbons (Fsp3) is 0.571. The molecule has 1 nitrogen and oxygen atoms in total. The van der Waals surface area contributed by atoms with E-state index in [-0.39, 0.29) is 10.8 Å². The fourth-order valence-electron chi connectivity index (χ4n) is 2.40. The Morgan fingerprint density at radius 1 is 1.29 bits per heavy atom. The zero-order valence-electron chi connectivity index (χ0n) is 10.2. The first-order valence-electron chi connectivity index (χ1n) is 6.33. The highest BCUT2D eigenvalue weighted by Gasteiger charge is 2.17. The second-order valence-corrected chi connectivity index (χ2v) is 5.43. The quantitative estimate of drug-likeness (QED) is 0.856. The van der Waals surface area contributed by atoms with E-state index in [1.54, 1.807) is 6.07 Å². The standard InChI is InChI=1S/C14H19ClFN/c1-10-5-7-12(8-6-10)17-9-11-3-2-4-13(16)14(11)15/h2-4,10,12,17H,5-9H2,1H3. The smallest absolute Gasteiger partial charge is 0.142 e. The highest BCUT2D eigenvalue weighted by atomic mass is 35.5. The van der Waals surface area contributed by atoms with Gasteiger partial charge in [0.05, 0.1) is 5.02 Å². The van der Waals surface area contributed by atoms with Gasteiger partial charge in [0.25, 0.3) is 0 Å². The molecule has 17 heavy (non-hydrogen) atoms. The van der Waals surface area contributed by atoms with Gasteiger partial charge in [0.2, 0.25) is 0 Å². The molecule has 1 saturated carbocycles. The molecule has 1 aromatic rings. The van der Waals surface area contributed by atoms with Crippen LogP contribution in [0.15, 0.2) is 18.2 Å². The van der Waals surface area contributed by atoms with Crippen LogP contribution >= 0.6 is 11.6 Å². The number of hydrogen-bond acceptors (Lipinski definition) is 1. The molecule has 1 N–H and O–H groups in total. The molecule has 1 fully saturated rings. The van der Waals surface area contributed by atoms with Crippen LogP contribution in [0.25, 0.3) is 0 Å². The van der Waals surface area contributed by atoms with Gasteiger partial charge in [0, 0.05) is 12.6 Å². The van der Waals surface area contributed by atoms with Crippen molar-refractivity contribution in [2.45, 2.75) is 45.2 Å². The van der Waals surface area contributed by atoms with Crippen LogP contribution < -0.4 is 5.32 Å². The predicted molar refractivity (Wildman–Crippen MR) is 69.7 cm³/mol. The minimum Gasteiger partial charge on any atom is -0.310 e. The van der Waals surface area contributed by atoms with Crippen molar-refractivity contribution in [3.8, 4) is 0 Å². The van der Waals surface area contributed by atoms with Gasteiger partial charge in [0.1, 0.15) is 5.82 Å². The molecule has 1 aromatic carbocycles. The maximum Gasteiger partial charge on any atom is 0.142 e. The molecule has 0 heterocycles. The first kappa shape index (κ1) is 12.8. The SMILES string of the molecule is CC1CCC(NCc2cccc(F)c2Cl)CC1. The minimum absolute atomic E-state index is 0.254. The average molecular weight is 256 g/mol. The van der Waals surface area contributed by atoms with Crippen molar-refractivity contribution < 1.29 is 4.39 Å². The molecule has 1 aliphatic rings. The number of hydrogen-bond donors (Lipinski definition) is 1. The van der Waals surface area contributed by atoms with E-state index in [4.69, 9.17) is 11.6 Å². The Morgan fingerprint density at radius 3 is 2.71 bits per heavy atom.